The second kappa shape index (κ2) is 9.11. The molecule has 1 N–H and O–H groups in total. The van der Waals surface area contributed by atoms with Gasteiger partial charge in [0.2, 0.25) is 0 Å². The first-order valence-corrected chi connectivity index (χ1v) is 10.9. The van der Waals surface area contributed by atoms with E-state index in [0.717, 1.165) is 4.47 Å². The fourth-order valence-electron chi connectivity index (χ4n) is 2.55. The fraction of sp³-hybridized carbons (Fsp3) is 0.0952. The maximum Gasteiger partial charge on any atom is 0.264 e. The van der Waals surface area contributed by atoms with Crippen molar-refractivity contribution in [2.45, 2.75) is 4.90 Å². The Morgan fingerprint density at radius 3 is 2.34 bits per heavy atom. The van der Waals surface area contributed by atoms with E-state index in [1.165, 1.54) is 11.4 Å². The third-order valence-corrected chi connectivity index (χ3v) is 6.37. The van der Waals surface area contributed by atoms with Gasteiger partial charge in [-0.05, 0) is 54.6 Å². The Morgan fingerprint density at radius 2 is 1.69 bits per heavy atom. The summed E-state index contributed by atoms with van der Waals surface area (Å²) in [5, 5.41) is 2.74. The minimum atomic E-state index is -3.64. The number of carbonyl (C=O) groups excluding carboxylic acids is 1. The fourth-order valence-corrected chi connectivity index (χ4v) is 4.17. The molecule has 6 nitrogen and oxygen atoms in total. The third-order valence-electron chi connectivity index (χ3n) is 4.08. The maximum atomic E-state index is 12.7. The number of sulfonamides is 1. The van der Waals surface area contributed by atoms with Gasteiger partial charge >= 0.3 is 0 Å². The first kappa shape index (κ1) is 20.9. The van der Waals surface area contributed by atoms with E-state index >= 15 is 0 Å². The molecule has 0 spiro atoms. The number of amides is 1. The molecule has 3 rings (SSSR count). The first-order valence-electron chi connectivity index (χ1n) is 8.68. The topological polar surface area (TPSA) is 75.7 Å². The van der Waals surface area contributed by atoms with Crippen LogP contribution in [0.5, 0.6) is 5.75 Å². The maximum absolute atomic E-state index is 12.7. The molecule has 0 saturated heterocycles. The summed E-state index contributed by atoms with van der Waals surface area (Å²) in [6, 6.07) is 22.0. The molecule has 0 radical (unpaired) electrons. The van der Waals surface area contributed by atoms with Gasteiger partial charge in [-0.2, -0.15) is 0 Å². The molecule has 0 bridgehead atoms. The average Bonchev–Trinajstić information content (AvgIpc) is 2.73. The molecule has 0 fully saturated rings. The van der Waals surface area contributed by atoms with E-state index in [4.69, 9.17) is 4.74 Å². The normalized spacial score (nSPS) is 11.0. The predicted octanol–water partition coefficient (Wildman–Crippen LogP) is 4.29. The highest BCUT2D eigenvalue weighted by molar-refractivity contribution is 9.10. The van der Waals surface area contributed by atoms with E-state index in [1.807, 2.05) is 12.1 Å². The lowest BCUT2D eigenvalue weighted by atomic mass is 10.3. The predicted molar refractivity (Wildman–Crippen MR) is 117 cm³/mol. The van der Waals surface area contributed by atoms with Crippen LogP contribution < -0.4 is 14.4 Å². The largest absolute Gasteiger partial charge is 0.484 e. The average molecular weight is 475 g/mol. The molecule has 0 unspecified atom stereocenters. The summed E-state index contributed by atoms with van der Waals surface area (Å²) >= 11 is 3.35. The molecular formula is C21H19BrN2O4S. The van der Waals surface area contributed by atoms with Gasteiger partial charge in [0, 0.05) is 17.2 Å². The van der Waals surface area contributed by atoms with Crippen molar-refractivity contribution in [3.8, 4) is 5.75 Å². The molecule has 0 aliphatic rings. The summed E-state index contributed by atoms with van der Waals surface area (Å²) in [7, 11) is -2.15. The van der Waals surface area contributed by atoms with E-state index < -0.39 is 10.0 Å². The molecule has 1 amide bonds. The van der Waals surface area contributed by atoms with Crippen molar-refractivity contribution < 1.29 is 17.9 Å². The Bertz CT molecular complexity index is 1090. The molecule has 0 aliphatic heterocycles. The molecule has 0 aliphatic carbocycles. The van der Waals surface area contributed by atoms with Gasteiger partial charge in [0.25, 0.3) is 15.9 Å². The number of rotatable bonds is 7. The second-order valence-corrected chi connectivity index (χ2v) is 9.01. The lowest BCUT2D eigenvalue weighted by Crippen LogP contribution is -2.26. The molecule has 3 aromatic rings. The minimum absolute atomic E-state index is 0.163. The van der Waals surface area contributed by atoms with Gasteiger partial charge in [-0.3, -0.25) is 9.10 Å². The smallest absolute Gasteiger partial charge is 0.264 e. The number of hydrogen-bond donors (Lipinski definition) is 1. The Labute approximate surface area is 178 Å². The molecule has 0 aromatic heterocycles. The van der Waals surface area contributed by atoms with Crippen LogP contribution in [-0.2, 0) is 14.8 Å². The summed E-state index contributed by atoms with van der Waals surface area (Å²) < 4.78 is 32.9. The minimum Gasteiger partial charge on any atom is -0.484 e. The van der Waals surface area contributed by atoms with Gasteiger partial charge in [0.1, 0.15) is 5.75 Å². The lowest BCUT2D eigenvalue weighted by Gasteiger charge is -2.19. The number of nitrogens with zero attached hydrogens (tertiary/aromatic N) is 1. The Morgan fingerprint density at radius 1 is 1.00 bits per heavy atom. The van der Waals surface area contributed by atoms with Crippen LogP contribution in [0.3, 0.4) is 0 Å². The number of benzene rings is 3. The molecule has 29 heavy (non-hydrogen) atoms. The molecule has 0 atom stereocenters. The van der Waals surface area contributed by atoms with Crippen molar-refractivity contribution in [1.82, 2.24) is 0 Å². The molecule has 0 heterocycles. The number of nitrogens with one attached hydrogen (secondary N) is 1. The van der Waals surface area contributed by atoms with Gasteiger partial charge in [-0.25, -0.2) is 8.42 Å². The van der Waals surface area contributed by atoms with Gasteiger partial charge in [0.15, 0.2) is 6.61 Å². The zero-order valence-electron chi connectivity index (χ0n) is 15.6. The van der Waals surface area contributed by atoms with E-state index in [2.05, 4.69) is 21.2 Å². The van der Waals surface area contributed by atoms with Gasteiger partial charge in [0.05, 0.1) is 10.6 Å². The standard InChI is InChI=1S/C21H19BrN2O4S/c1-24(29(26,27)20-8-3-2-4-9-20)18-10-12-19(13-11-18)28-15-21(25)23-17-7-5-6-16(22)14-17/h2-14H,15H2,1H3,(H,23,25). The molecule has 150 valence electrons. The summed E-state index contributed by atoms with van der Waals surface area (Å²) in [5.74, 6) is 0.166. The highest BCUT2D eigenvalue weighted by Crippen LogP contribution is 2.24. The van der Waals surface area contributed by atoms with Crippen LogP contribution in [-0.4, -0.2) is 28.0 Å². The number of halogens is 1. The summed E-state index contributed by atoms with van der Waals surface area (Å²) in [4.78, 5) is 12.2. The van der Waals surface area contributed by atoms with Crippen LogP contribution in [0.25, 0.3) is 0 Å². The summed E-state index contributed by atoms with van der Waals surface area (Å²) in [6.07, 6.45) is 0. The van der Waals surface area contributed by atoms with E-state index in [0.29, 0.717) is 17.1 Å². The van der Waals surface area contributed by atoms with Gasteiger partial charge < -0.3 is 10.1 Å². The number of ether oxygens (including phenoxy) is 1. The highest BCUT2D eigenvalue weighted by atomic mass is 79.9. The summed E-state index contributed by atoms with van der Waals surface area (Å²) in [6.45, 7) is -0.163. The summed E-state index contributed by atoms with van der Waals surface area (Å²) in [5.41, 5.74) is 1.15. The Kier molecular flexibility index (Phi) is 6.56. The van der Waals surface area contributed by atoms with Crippen molar-refractivity contribution in [2.75, 3.05) is 23.3 Å². The van der Waals surface area contributed by atoms with E-state index in [-0.39, 0.29) is 17.4 Å². The number of hydrogen-bond acceptors (Lipinski definition) is 4. The van der Waals surface area contributed by atoms with Crippen molar-refractivity contribution >= 4 is 43.2 Å². The Balaban J connectivity index is 1.60. The number of anilines is 2. The highest BCUT2D eigenvalue weighted by Gasteiger charge is 2.20. The van der Waals surface area contributed by atoms with Crippen molar-refractivity contribution in [2.24, 2.45) is 0 Å². The van der Waals surface area contributed by atoms with Crippen molar-refractivity contribution in [3.63, 3.8) is 0 Å². The third kappa shape index (κ3) is 5.36. The monoisotopic (exact) mass is 474 g/mol. The molecule has 3 aromatic carbocycles. The van der Waals surface area contributed by atoms with Gasteiger partial charge in [-0.1, -0.05) is 40.2 Å². The SMILES string of the molecule is CN(c1ccc(OCC(=O)Nc2cccc(Br)c2)cc1)S(=O)(=O)c1ccccc1. The second-order valence-electron chi connectivity index (χ2n) is 6.13. The van der Waals surface area contributed by atoms with Crippen molar-refractivity contribution in [1.29, 1.82) is 0 Å². The van der Waals surface area contributed by atoms with Crippen LogP contribution in [0.1, 0.15) is 0 Å². The van der Waals surface area contributed by atoms with Crippen LogP contribution in [0, 0.1) is 0 Å². The van der Waals surface area contributed by atoms with Crippen molar-refractivity contribution in [3.05, 3.63) is 83.3 Å². The van der Waals surface area contributed by atoms with E-state index in [9.17, 15) is 13.2 Å². The molecular weight excluding hydrogens is 456 g/mol. The lowest BCUT2D eigenvalue weighted by molar-refractivity contribution is -0.118. The van der Waals surface area contributed by atoms with Crippen LogP contribution >= 0.6 is 15.9 Å². The van der Waals surface area contributed by atoms with Crippen LogP contribution in [0.15, 0.2) is 88.2 Å². The Hall–Kier alpha value is -2.84. The van der Waals surface area contributed by atoms with Gasteiger partial charge in [-0.15, -0.1) is 0 Å². The number of carbonyl (C=O) groups is 1. The van der Waals surface area contributed by atoms with Crippen LogP contribution in [0.4, 0.5) is 11.4 Å². The van der Waals surface area contributed by atoms with Crippen LogP contribution in [0.2, 0.25) is 0 Å². The molecule has 0 saturated carbocycles. The first-order chi connectivity index (χ1) is 13.9. The zero-order chi connectivity index (χ0) is 20.9. The van der Waals surface area contributed by atoms with E-state index in [1.54, 1.807) is 66.7 Å². The quantitative estimate of drug-likeness (QED) is 0.553. The molecule has 8 heteroatoms. The zero-order valence-corrected chi connectivity index (χ0v) is 18.0.